The molecule has 3 aromatic carbocycles. The molecule has 2 amide bonds. The van der Waals surface area contributed by atoms with E-state index in [9.17, 15) is 9.59 Å². The van der Waals surface area contributed by atoms with Crippen LogP contribution in [0.2, 0.25) is 0 Å². The van der Waals surface area contributed by atoms with Gasteiger partial charge in [-0.2, -0.15) is 5.10 Å². The number of nitrogens with one attached hydrogen (secondary N) is 2. The summed E-state index contributed by atoms with van der Waals surface area (Å²) in [7, 11) is 1.65. The van der Waals surface area contributed by atoms with Gasteiger partial charge < -0.3 is 19.7 Å². The molecule has 0 saturated carbocycles. The molecule has 8 rings (SSSR count). The number of allylic oxidation sites excluding steroid dienone is 10. The fourth-order valence-corrected chi connectivity index (χ4v) is 9.31. The minimum Gasteiger partial charge on any atom is -0.491 e. The molecule has 4 aromatic rings. The molecule has 3 unspecified atom stereocenters. The Morgan fingerprint density at radius 3 is 2.40 bits per heavy atom. The third-order valence-electron chi connectivity index (χ3n) is 12.7. The molecule has 2 N–H and O–H groups in total. The van der Waals surface area contributed by atoms with Gasteiger partial charge in [0.1, 0.15) is 12.4 Å². The molecule has 2 saturated heterocycles. The number of rotatable bonds is 13. The summed E-state index contributed by atoms with van der Waals surface area (Å²) in [5.41, 5.74) is 9.11. The van der Waals surface area contributed by atoms with Gasteiger partial charge in [0.05, 0.1) is 29.8 Å². The average Bonchev–Trinajstić information content (AvgIpc) is 3.80. The van der Waals surface area contributed by atoms with Crippen molar-refractivity contribution in [3.63, 3.8) is 0 Å². The lowest BCUT2D eigenvalue weighted by Crippen LogP contribution is -2.47. The number of likely N-dealkylation sites (tertiary alicyclic amines) is 2. The standard InChI is InChI=1S/C49H55N5O4/c1-5-35-28-44(35)49(48(56)50-40-18-21-45-43(29-40)47(52-51-45)39-16-19-41(20-17-39)58-27-26-57-4)32-53(30-34(49)3)31-46(55)54-24-22-37(23-25-54)36-12-14-38(15-13-36)42-11-9-7-6-8-10-33(42)2/h6-21,28-29,34,37,44H,5,22-27,30-32H2,1-4H3,(H,50,56)(H,51,52). The maximum Gasteiger partial charge on any atom is 0.236 e. The highest BCUT2D eigenvalue weighted by Gasteiger charge is 2.58. The maximum absolute atomic E-state index is 14.6. The first-order valence-corrected chi connectivity index (χ1v) is 20.8. The predicted molar refractivity (Wildman–Crippen MR) is 232 cm³/mol. The minimum absolute atomic E-state index is 0.0127. The van der Waals surface area contributed by atoms with E-state index < -0.39 is 5.41 Å². The van der Waals surface area contributed by atoms with Crippen molar-refractivity contribution in [2.75, 3.05) is 58.4 Å². The Morgan fingerprint density at radius 1 is 0.931 bits per heavy atom. The number of piperidine rings is 1. The van der Waals surface area contributed by atoms with Crippen LogP contribution in [0.25, 0.3) is 27.7 Å². The van der Waals surface area contributed by atoms with Gasteiger partial charge in [-0.1, -0.05) is 86.2 Å². The van der Waals surface area contributed by atoms with Crippen molar-refractivity contribution in [1.82, 2.24) is 20.0 Å². The summed E-state index contributed by atoms with van der Waals surface area (Å²) in [6.45, 7) is 10.6. The minimum atomic E-state index is -0.648. The van der Waals surface area contributed by atoms with Crippen LogP contribution in [0, 0.1) is 17.3 Å². The predicted octanol–water partition coefficient (Wildman–Crippen LogP) is 8.96. The molecule has 9 heteroatoms. The van der Waals surface area contributed by atoms with Crippen molar-refractivity contribution in [2.24, 2.45) is 17.3 Å². The summed E-state index contributed by atoms with van der Waals surface area (Å²) < 4.78 is 10.8. The van der Waals surface area contributed by atoms with Gasteiger partial charge in [0.2, 0.25) is 11.8 Å². The molecule has 300 valence electrons. The number of carbonyl (C=O) groups is 2. The molecule has 2 fully saturated rings. The highest BCUT2D eigenvalue weighted by molar-refractivity contribution is 6.01. The largest absolute Gasteiger partial charge is 0.491 e. The molecule has 1 aromatic heterocycles. The molecule has 0 bridgehead atoms. The lowest BCUT2D eigenvalue weighted by atomic mass is 9.71. The second kappa shape index (κ2) is 17.1. The smallest absolute Gasteiger partial charge is 0.236 e. The second-order valence-electron chi connectivity index (χ2n) is 16.3. The number of methoxy groups -OCH3 is 1. The lowest BCUT2D eigenvalue weighted by molar-refractivity contribution is -0.134. The Hall–Kier alpha value is -5.51. The van der Waals surface area contributed by atoms with Crippen molar-refractivity contribution in [3.8, 4) is 17.0 Å². The molecule has 4 aliphatic rings. The van der Waals surface area contributed by atoms with Crippen molar-refractivity contribution >= 4 is 34.0 Å². The molecular weight excluding hydrogens is 723 g/mol. The van der Waals surface area contributed by atoms with Crippen LogP contribution < -0.4 is 10.1 Å². The fraction of sp³-hybridized carbons (Fsp3) is 0.367. The molecule has 2 aliphatic carbocycles. The second-order valence-corrected chi connectivity index (χ2v) is 16.3. The Balaban J connectivity index is 0.905. The van der Waals surface area contributed by atoms with Gasteiger partial charge in [-0.25, -0.2) is 0 Å². The molecule has 9 nitrogen and oxygen atoms in total. The van der Waals surface area contributed by atoms with Crippen LogP contribution in [-0.4, -0.2) is 84.9 Å². The van der Waals surface area contributed by atoms with Crippen LogP contribution in [0.5, 0.6) is 5.75 Å². The van der Waals surface area contributed by atoms with E-state index in [2.05, 4.69) is 102 Å². The van der Waals surface area contributed by atoms with E-state index in [0.717, 1.165) is 65.9 Å². The van der Waals surface area contributed by atoms with Crippen molar-refractivity contribution in [2.45, 2.75) is 46.0 Å². The number of anilines is 1. The summed E-state index contributed by atoms with van der Waals surface area (Å²) in [5.74, 6) is 1.55. The number of aromatic amines is 1. The van der Waals surface area contributed by atoms with Crippen molar-refractivity contribution in [1.29, 1.82) is 0 Å². The van der Waals surface area contributed by atoms with Crippen LogP contribution in [0.4, 0.5) is 5.69 Å². The number of hydrogen-bond acceptors (Lipinski definition) is 6. The first-order chi connectivity index (χ1) is 28.3. The third-order valence-corrected chi connectivity index (χ3v) is 12.7. The summed E-state index contributed by atoms with van der Waals surface area (Å²) in [5, 5.41) is 12.0. The van der Waals surface area contributed by atoms with Crippen molar-refractivity contribution < 1.29 is 19.1 Å². The quantitative estimate of drug-likeness (QED) is 0.104. The lowest BCUT2D eigenvalue weighted by Gasteiger charge is -2.34. The van der Waals surface area contributed by atoms with E-state index in [1.165, 1.54) is 27.8 Å². The molecule has 0 radical (unpaired) electrons. The summed E-state index contributed by atoms with van der Waals surface area (Å²) in [6, 6.07) is 22.8. The zero-order valence-corrected chi connectivity index (χ0v) is 34.2. The molecular formula is C49H55N5O4. The van der Waals surface area contributed by atoms with E-state index >= 15 is 0 Å². The number of fused-ring (bicyclic) bond motifs is 1. The van der Waals surface area contributed by atoms with Crippen LogP contribution in [0.15, 0.2) is 120 Å². The molecule has 3 atom stereocenters. The van der Waals surface area contributed by atoms with E-state index in [0.29, 0.717) is 38.8 Å². The third kappa shape index (κ3) is 8.11. The molecule has 58 heavy (non-hydrogen) atoms. The maximum atomic E-state index is 14.6. The van der Waals surface area contributed by atoms with Gasteiger partial charge in [-0.15, -0.1) is 0 Å². The number of carbonyl (C=O) groups excluding carboxylic acids is 2. The highest BCUT2D eigenvalue weighted by atomic mass is 16.5. The normalized spacial score (nSPS) is 22.3. The molecule has 3 heterocycles. The number of benzene rings is 3. The molecule has 0 spiro atoms. The Morgan fingerprint density at radius 2 is 1.67 bits per heavy atom. The number of H-pyrrole nitrogens is 1. The Kier molecular flexibility index (Phi) is 11.6. The zero-order valence-electron chi connectivity index (χ0n) is 34.2. The van der Waals surface area contributed by atoms with Gasteiger partial charge >= 0.3 is 0 Å². The van der Waals surface area contributed by atoms with Crippen LogP contribution >= 0.6 is 0 Å². The fourth-order valence-electron chi connectivity index (χ4n) is 9.31. The van der Waals surface area contributed by atoms with Gasteiger partial charge in [0, 0.05) is 55.8 Å². The highest BCUT2D eigenvalue weighted by Crippen LogP contribution is 2.54. The number of aromatic nitrogens is 2. The number of hydrogen-bond donors (Lipinski definition) is 2. The number of amides is 2. The van der Waals surface area contributed by atoms with Gasteiger partial charge in [-0.05, 0) is 103 Å². The van der Waals surface area contributed by atoms with Crippen molar-refractivity contribution in [3.05, 3.63) is 132 Å². The van der Waals surface area contributed by atoms with E-state index in [1.807, 2.05) is 53.4 Å². The van der Waals surface area contributed by atoms with E-state index in [1.54, 1.807) is 7.11 Å². The first-order valence-electron chi connectivity index (χ1n) is 20.8. The monoisotopic (exact) mass is 777 g/mol. The summed E-state index contributed by atoms with van der Waals surface area (Å²) in [4.78, 5) is 32.7. The van der Waals surface area contributed by atoms with Gasteiger partial charge in [-0.3, -0.25) is 19.6 Å². The summed E-state index contributed by atoms with van der Waals surface area (Å²) in [6.07, 6.45) is 17.7. The Bertz CT molecular complexity index is 2290. The van der Waals surface area contributed by atoms with Gasteiger partial charge in [0.15, 0.2) is 0 Å². The average molecular weight is 778 g/mol. The van der Waals surface area contributed by atoms with E-state index in [4.69, 9.17) is 9.47 Å². The Labute approximate surface area is 342 Å². The topological polar surface area (TPSA) is 99.8 Å². The summed E-state index contributed by atoms with van der Waals surface area (Å²) >= 11 is 0. The molecule has 2 aliphatic heterocycles. The number of nitrogens with zero attached hydrogens (tertiary/aromatic N) is 3. The van der Waals surface area contributed by atoms with Crippen LogP contribution in [0.3, 0.4) is 0 Å². The SMILES string of the molecule is CCC1=CC1C1(C(=O)Nc2ccc3[nH]nc(-c4ccc(OCCOC)cc4)c3c2)CN(CC(=O)N2CCC(c3ccc(C4=C(C)C=CC=CC=C4)cc3)CC2)CC1C. The van der Waals surface area contributed by atoms with Crippen LogP contribution in [0.1, 0.15) is 57.1 Å². The zero-order chi connectivity index (χ0) is 40.2. The number of ether oxygens (including phenoxy) is 2. The van der Waals surface area contributed by atoms with E-state index in [-0.39, 0.29) is 23.7 Å². The van der Waals surface area contributed by atoms with Gasteiger partial charge in [0.25, 0.3) is 0 Å². The van der Waals surface area contributed by atoms with Crippen LogP contribution in [-0.2, 0) is 14.3 Å². The first kappa shape index (κ1) is 39.3.